The van der Waals surface area contributed by atoms with E-state index in [1.54, 1.807) is 7.11 Å². The molecule has 0 aliphatic heterocycles. The Kier molecular flexibility index (Phi) is 5.17. The molecule has 1 aliphatic carbocycles. The third kappa shape index (κ3) is 3.04. The quantitative estimate of drug-likeness (QED) is 0.899. The fourth-order valence-corrected chi connectivity index (χ4v) is 3.28. The zero-order valence-electron chi connectivity index (χ0n) is 12.7. The first-order valence-corrected chi connectivity index (χ1v) is 7.53. The summed E-state index contributed by atoms with van der Waals surface area (Å²) in [5.41, 5.74) is 2.17. The lowest BCUT2D eigenvalue weighted by atomic mass is 9.81. The normalized spacial score (nSPS) is 23.3. The number of hydrogen-bond acceptors (Lipinski definition) is 2. The van der Waals surface area contributed by atoms with Crippen LogP contribution >= 0.6 is 0 Å². The number of hydrogen-bond donors (Lipinski definition) is 1. The third-order valence-corrected chi connectivity index (χ3v) is 4.54. The predicted molar refractivity (Wildman–Crippen MR) is 78.4 cm³/mol. The van der Waals surface area contributed by atoms with Gasteiger partial charge in [-0.3, -0.25) is 0 Å². The van der Waals surface area contributed by atoms with Gasteiger partial charge in [-0.1, -0.05) is 26.0 Å². The van der Waals surface area contributed by atoms with Crippen LogP contribution in [0.2, 0.25) is 0 Å². The van der Waals surface area contributed by atoms with Crippen LogP contribution < -0.4 is 0 Å². The van der Waals surface area contributed by atoms with Gasteiger partial charge in [0.25, 0.3) is 0 Å². The molecule has 1 aliphatic rings. The molecule has 3 heteroatoms. The number of aliphatic hydroxyl groups excluding tert-OH is 1. The Morgan fingerprint density at radius 1 is 1.25 bits per heavy atom. The van der Waals surface area contributed by atoms with Crippen molar-refractivity contribution in [3.63, 3.8) is 0 Å². The van der Waals surface area contributed by atoms with Gasteiger partial charge in [0.15, 0.2) is 0 Å². The molecule has 1 fully saturated rings. The van der Waals surface area contributed by atoms with Crippen LogP contribution in [0, 0.1) is 5.82 Å². The van der Waals surface area contributed by atoms with E-state index in [1.807, 2.05) is 26.0 Å². The standard InChI is InChI=1S/C17H25FO2/c1-11(2)14-8-9-15(17(18)16(14)10-19)12-4-6-13(20-3)7-5-12/h8-9,11-13,19H,4-7,10H2,1-3H3. The van der Waals surface area contributed by atoms with Gasteiger partial charge in [0.1, 0.15) is 5.82 Å². The first-order valence-electron chi connectivity index (χ1n) is 7.53. The van der Waals surface area contributed by atoms with E-state index < -0.39 is 0 Å². The third-order valence-electron chi connectivity index (χ3n) is 4.54. The van der Waals surface area contributed by atoms with Crippen LogP contribution in [0.3, 0.4) is 0 Å². The van der Waals surface area contributed by atoms with E-state index in [0.717, 1.165) is 36.8 Å². The van der Waals surface area contributed by atoms with Gasteiger partial charge in [-0.05, 0) is 48.6 Å². The minimum Gasteiger partial charge on any atom is -0.392 e. The molecule has 0 spiro atoms. The van der Waals surface area contributed by atoms with Gasteiger partial charge >= 0.3 is 0 Å². The van der Waals surface area contributed by atoms with E-state index in [4.69, 9.17) is 4.74 Å². The second kappa shape index (κ2) is 6.68. The molecule has 0 atom stereocenters. The maximum atomic E-state index is 14.7. The Labute approximate surface area is 121 Å². The van der Waals surface area contributed by atoms with Gasteiger partial charge in [0.05, 0.1) is 12.7 Å². The van der Waals surface area contributed by atoms with Crippen molar-refractivity contribution >= 4 is 0 Å². The highest BCUT2D eigenvalue weighted by Crippen LogP contribution is 2.37. The van der Waals surface area contributed by atoms with Crippen molar-refractivity contribution < 1.29 is 14.2 Å². The van der Waals surface area contributed by atoms with Crippen LogP contribution in [0.4, 0.5) is 4.39 Å². The van der Waals surface area contributed by atoms with E-state index in [9.17, 15) is 9.50 Å². The van der Waals surface area contributed by atoms with Crippen molar-refractivity contribution in [2.75, 3.05) is 7.11 Å². The summed E-state index contributed by atoms with van der Waals surface area (Å²) in [7, 11) is 1.74. The highest BCUT2D eigenvalue weighted by molar-refractivity contribution is 5.37. The smallest absolute Gasteiger partial charge is 0.132 e. The van der Waals surface area contributed by atoms with E-state index in [2.05, 4.69) is 0 Å². The van der Waals surface area contributed by atoms with Crippen molar-refractivity contribution in [3.05, 3.63) is 34.6 Å². The number of ether oxygens (including phenoxy) is 1. The van der Waals surface area contributed by atoms with E-state index in [1.165, 1.54) is 0 Å². The Morgan fingerprint density at radius 2 is 1.90 bits per heavy atom. The monoisotopic (exact) mass is 280 g/mol. The summed E-state index contributed by atoms with van der Waals surface area (Å²) in [6.45, 7) is 3.83. The largest absolute Gasteiger partial charge is 0.392 e. The van der Waals surface area contributed by atoms with Crippen LogP contribution in [0.25, 0.3) is 0 Å². The van der Waals surface area contributed by atoms with Crippen molar-refractivity contribution in [2.24, 2.45) is 0 Å². The molecule has 1 saturated carbocycles. The molecule has 0 aromatic heterocycles. The molecule has 20 heavy (non-hydrogen) atoms. The molecule has 1 aromatic carbocycles. The molecular weight excluding hydrogens is 255 g/mol. The number of benzene rings is 1. The van der Waals surface area contributed by atoms with Crippen LogP contribution in [0.15, 0.2) is 12.1 Å². The lowest BCUT2D eigenvalue weighted by Gasteiger charge is -2.29. The molecule has 1 N–H and O–H groups in total. The molecule has 0 bridgehead atoms. The SMILES string of the molecule is COC1CCC(c2ccc(C(C)C)c(CO)c2F)CC1. The molecule has 1 aromatic rings. The molecule has 0 amide bonds. The number of methoxy groups -OCH3 is 1. The summed E-state index contributed by atoms with van der Waals surface area (Å²) in [4.78, 5) is 0. The fourth-order valence-electron chi connectivity index (χ4n) is 3.28. The lowest BCUT2D eigenvalue weighted by Crippen LogP contribution is -2.20. The summed E-state index contributed by atoms with van der Waals surface area (Å²) in [5.74, 6) is 0.289. The zero-order chi connectivity index (χ0) is 14.7. The lowest BCUT2D eigenvalue weighted by molar-refractivity contribution is 0.0655. The first-order chi connectivity index (χ1) is 9.58. The fraction of sp³-hybridized carbons (Fsp3) is 0.647. The second-order valence-corrected chi connectivity index (χ2v) is 6.06. The molecule has 2 rings (SSSR count). The molecule has 2 nitrogen and oxygen atoms in total. The maximum Gasteiger partial charge on any atom is 0.132 e. The second-order valence-electron chi connectivity index (χ2n) is 6.06. The summed E-state index contributed by atoms with van der Waals surface area (Å²) in [6, 6.07) is 3.90. The predicted octanol–water partition coefficient (Wildman–Crippen LogP) is 4.11. The molecular formula is C17H25FO2. The van der Waals surface area contributed by atoms with Gasteiger partial charge in [0, 0.05) is 12.7 Å². The van der Waals surface area contributed by atoms with Crippen molar-refractivity contribution in [1.29, 1.82) is 0 Å². The van der Waals surface area contributed by atoms with Gasteiger partial charge < -0.3 is 9.84 Å². The highest BCUT2D eigenvalue weighted by Gasteiger charge is 2.26. The summed E-state index contributed by atoms with van der Waals surface area (Å²) >= 11 is 0. The van der Waals surface area contributed by atoms with Gasteiger partial charge in [-0.2, -0.15) is 0 Å². The average Bonchev–Trinajstić information content (AvgIpc) is 2.47. The summed E-state index contributed by atoms with van der Waals surface area (Å²) in [6.07, 6.45) is 4.21. The number of rotatable bonds is 4. The number of halogens is 1. The van der Waals surface area contributed by atoms with Gasteiger partial charge in [-0.25, -0.2) is 4.39 Å². The van der Waals surface area contributed by atoms with Crippen LogP contribution in [0.1, 0.15) is 68.1 Å². The molecule has 112 valence electrons. The molecule has 0 unspecified atom stereocenters. The van der Waals surface area contributed by atoms with Gasteiger partial charge in [0.2, 0.25) is 0 Å². The summed E-state index contributed by atoms with van der Waals surface area (Å²) < 4.78 is 20.0. The molecule has 0 radical (unpaired) electrons. The first kappa shape index (κ1) is 15.5. The minimum atomic E-state index is -0.222. The summed E-state index contributed by atoms with van der Waals surface area (Å²) in [5, 5.41) is 9.49. The van der Waals surface area contributed by atoms with Crippen LogP contribution in [0.5, 0.6) is 0 Å². The average molecular weight is 280 g/mol. The Morgan fingerprint density at radius 3 is 2.40 bits per heavy atom. The van der Waals surface area contributed by atoms with Gasteiger partial charge in [-0.15, -0.1) is 0 Å². The maximum absolute atomic E-state index is 14.7. The molecule has 0 saturated heterocycles. The number of aliphatic hydroxyl groups is 1. The topological polar surface area (TPSA) is 29.5 Å². The van der Waals surface area contributed by atoms with Crippen LogP contribution in [-0.4, -0.2) is 18.3 Å². The Hall–Kier alpha value is -0.930. The van der Waals surface area contributed by atoms with E-state index >= 15 is 0 Å². The van der Waals surface area contributed by atoms with Crippen molar-refractivity contribution in [1.82, 2.24) is 0 Å². The van der Waals surface area contributed by atoms with E-state index in [0.29, 0.717) is 11.7 Å². The minimum absolute atomic E-state index is 0.195. The Balaban J connectivity index is 2.25. The van der Waals surface area contributed by atoms with Crippen LogP contribution in [-0.2, 0) is 11.3 Å². The van der Waals surface area contributed by atoms with E-state index in [-0.39, 0.29) is 24.3 Å². The van der Waals surface area contributed by atoms with Crippen molar-refractivity contribution in [2.45, 2.75) is 64.1 Å². The molecule has 0 heterocycles. The van der Waals surface area contributed by atoms with Crippen molar-refractivity contribution in [3.8, 4) is 0 Å². The Bertz CT molecular complexity index is 449. The zero-order valence-corrected chi connectivity index (χ0v) is 12.7. The highest BCUT2D eigenvalue weighted by atomic mass is 19.1.